The molecule has 4 unspecified atom stereocenters. The van der Waals surface area contributed by atoms with Crippen LogP contribution in [-0.4, -0.2) is 96.8 Å². The van der Waals surface area contributed by atoms with E-state index in [0.29, 0.717) is 19.3 Å². The van der Waals surface area contributed by atoms with E-state index in [9.17, 15) is 49.5 Å². The summed E-state index contributed by atoms with van der Waals surface area (Å²) in [6.45, 7) is 9.19. The molecule has 14 heteroatoms. The molecular weight excluding hydrogens is 668 g/mol. The maximum absolute atomic E-state index is 13.1. The molecule has 2 aliphatic heterocycles. The van der Waals surface area contributed by atoms with E-state index in [4.69, 9.17) is 18.9 Å². The minimum atomic E-state index is -3.87. The van der Waals surface area contributed by atoms with Crippen molar-refractivity contribution in [2.75, 3.05) is 0 Å². The maximum atomic E-state index is 13.1. The summed E-state index contributed by atoms with van der Waals surface area (Å²) < 4.78 is 22.2. The number of hydrogen-bond donors (Lipinski definition) is 5. The molecule has 8 atom stereocenters. The molecule has 14 nitrogen and oxygen atoms in total. The number of fused-ring (bicyclic) bond motifs is 2. The second-order valence-electron chi connectivity index (χ2n) is 13.7. The highest BCUT2D eigenvalue weighted by molar-refractivity contribution is 5.98. The predicted octanol–water partition coefficient (Wildman–Crippen LogP) is 4.18. The van der Waals surface area contributed by atoms with Gasteiger partial charge in [-0.3, -0.25) is 9.59 Å². The van der Waals surface area contributed by atoms with Crippen molar-refractivity contribution in [3.8, 4) is 0 Å². The fourth-order valence-electron chi connectivity index (χ4n) is 7.08. The van der Waals surface area contributed by atoms with E-state index >= 15 is 0 Å². The van der Waals surface area contributed by atoms with E-state index in [0.717, 1.165) is 44.1 Å². The molecule has 51 heavy (non-hydrogen) atoms. The minimum Gasteiger partial charge on any atom is -0.479 e. The number of carbonyl (C=O) groups is 5. The summed E-state index contributed by atoms with van der Waals surface area (Å²) in [6.07, 6.45) is -0.464. The molecule has 1 aromatic carbocycles. The standard InChI is InChI=1S/C37H52O14/c1-5-6-7-8-9-10-11-12-16-19-27(39)49-30-29(40)35(50-31(32(41)42)36(47,33(43)44)37(30,51-35)34(45)46)21-20-23(2)28(48-25(4)38)24(3)22-26-17-14-13-15-18-26/h13-15,17-18,24,28-31,40,47H,2,5-12,16,19-22H2,1,3-4H3,(H,41,42)(H,43,44)(H,45,46)/t24-,28-,29-,30-,31?,35?,36?,37?/m1/s1. The molecule has 2 aliphatic rings. The van der Waals surface area contributed by atoms with Gasteiger partial charge in [0.05, 0.1) is 0 Å². The van der Waals surface area contributed by atoms with Gasteiger partial charge in [0.15, 0.2) is 6.10 Å². The molecule has 0 spiro atoms. The Morgan fingerprint density at radius 1 is 0.902 bits per heavy atom. The summed E-state index contributed by atoms with van der Waals surface area (Å²) >= 11 is 0. The van der Waals surface area contributed by atoms with E-state index in [2.05, 4.69) is 13.5 Å². The van der Waals surface area contributed by atoms with Crippen LogP contribution in [0.25, 0.3) is 0 Å². The van der Waals surface area contributed by atoms with E-state index in [1.54, 1.807) is 0 Å². The van der Waals surface area contributed by atoms with Gasteiger partial charge in [-0.05, 0) is 30.4 Å². The summed E-state index contributed by atoms with van der Waals surface area (Å²) in [7, 11) is 0. The highest BCUT2D eigenvalue weighted by atomic mass is 16.8. The molecule has 0 saturated carbocycles. The zero-order valence-electron chi connectivity index (χ0n) is 29.6. The number of benzene rings is 1. The van der Waals surface area contributed by atoms with Crippen LogP contribution >= 0.6 is 0 Å². The topological polar surface area (TPSA) is 223 Å². The van der Waals surface area contributed by atoms with Gasteiger partial charge in [0, 0.05) is 25.7 Å². The van der Waals surface area contributed by atoms with Crippen molar-refractivity contribution < 1.29 is 68.5 Å². The second kappa shape index (κ2) is 18.1. The van der Waals surface area contributed by atoms with E-state index in [1.165, 1.54) is 13.3 Å². The van der Waals surface area contributed by atoms with Gasteiger partial charge >= 0.3 is 29.8 Å². The van der Waals surface area contributed by atoms with Gasteiger partial charge in [0.2, 0.25) is 23.1 Å². The van der Waals surface area contributed by atoms with E-state index in [-0.39, 0.29) is 24.3 Å². The molecule has 2 heterocycles. The molecule has 0 radical (unpaired) electrons. The van der Waals surface area contributed by atoms with Crippen LogP contribution in [0.15, 0.2) is 42.5 Å². The lowest BCUT2D eigenvalue weighted by Gasteiger charge is -2.48. The fourth-order valence-corrected chi connectivity index (χ4v) is 7.08. The van der Waals surface area contributed by atoms with Crippen molar-refractivity contribution >= 4 is 29.8 Å². The molecule has 284 valence electrons. The lowest BCUT2D eigenvalue weighted by molar-refractivity contribution is -0.374. The number of unbranched alkanes of at least 4 members (excludes halogenated alkanes) is 8. The van der Waals surface area contributed by atoms with Crippen molar-refractivity contribution in [1.29, 1.82) is 0 Å². The predicted molar refractivity (Wildman–Crippen MR) is 180 cm³/mol. The van der Waals surface area contributed by atoms with Crippen molar-refractivity contribution in [1.82, 2.24) is 0 Å². The Bertz CT molecular complexity index is 1400. The Morgan fingerprint density at radius 3 is 2.02 bits per heavy atom. The Balaban J connectivity index is 1.87. The fraction of sp³-hybridized carbons (Fsp3) is 0.649. The van der Waals surface area contributed by atoms with Crippen LogP contribution in [0, 0.1) is 5.92 Å². The lowest BCUT2D eigenvalue weighted by Crippen LogP contribution is -2.78. The van der Waals surface area contributed by atoms with E-state index < -0.39 is 77.7 Å². The van der Waals surface area contributed by atoms with Gasteiger partial charge in [0.1, 0.15) is 12.2 Å². The third-order valence-corrected chi connectivity index (χ3v) is 9.75. The summed E-state index contributed by atoms with van der Waals surface area (Å²) in [5.74, 6) is -11.2. The van der Waals surface area contributed by atoms with Crippen molar-refractivity contribution in [3.63, 3.8) is 0 Å². The van der Waals surface area contributed by atoms with Crippen molar-refractivity contribution in [2.45, 2.75) is 146 Å². The van der Waals surface area contributed by atoms with Crippen molar-refractivity contribution in [3.05, 3.63) is 48.0 Å². The third kappa shape index (κ3) is 9.15. The first-order chi connectivity index (χ1) is 24.1. The molecule has 2 fully saturated rings. The average molecular weight is 721 g/mol. The molecule has 1 aromatic rings. The summed E-state index contributed by atoms with van der Waals surface area (Å²) in [5.41, 5.74) is -6.17. The number of rotatable bonds is 22. The van der Waals surface area contributed by atoms with Crippen molar-refractivity contribution in [2.24, 2.45) is 5.92 Å². The largest absolute Gasteiger partial charge is 0.479 e. The molecule has 5 N–H and O–H groups in total. The first-order valence-electron chi connectivity index (χ1n) is 17.6. The number of ether oxygens (including phenoxy) is 4. The summed E-state index contributed by atoms with van der Waals surface area (Å²) in [6, 6.07) is 9.32. The Morgan fingerprint density at radius 2 is 1.49 bits per heavy atom. The highest BCUT2D eigenvalue weighted by Crippen LogP contribution is 2.56. The molecule has 2 bridgehead atoms. The zero-order valence-corrected chi connectivity index (χ0v) is 29.6. The van der Waals surface area contributed by atoms with Gasteiger partial charge in [-0.25, -0.2) is 14.4 Å². The molecule has 0 amide bonds. The first kappa shape index (κ1) is 41.6. The minimum absolute atomic E-state index is 0.221. The number of aliphatic carboxylic acids is 3. The van der Waals surface area contributed by atoms with Crippen LogP contribution in [0.5, 0.6) is 0 Å². The number of aliphatic hydroxyl groups is 2. The second-order valence-corrected chi connectivity index (χ2v) is 13.7. The average Bonchev–Trinajstić information content (AvgIpc) is 3.29. The SMILES string of the molecule is C=C(CCC12OC(C(=O)O)C(O)(C(=O)O)C(C(=O)O)(O1)[C@H](OC(=O)CCCCCCCCCCC)[C@H]2O)[C@@H](OC(C)=O)[C@H](C)Cc1ccccc1. The van der Waals surface area contributed by atoms with Gasteiger partial charge in [-0.2, -0.15) is 0 Å². The van der Waals surface area contributed by atoms with Crippen LogP contribution in [0.1, 0.15) is 103 Å². The highest BCUT2D eigenvalue weighted by Gasteiger charge is 2.85. The summed E-state index contributed by atoms with van der Waals surface area (Å²) in [5, 5.41) is 53.6. The van der Waals surface area contributed by atoms with Gasteiger partial charge in [-0.15, -0.1) is 0 Å². The Labute approximate surface area is 297 Å². The number of esters is 2. The number of hydrogen-bond acceptors (Lipinski definition) is 11. The number of carboxylic acid groups (broad SMARTS) is 3. The molecule has 3 rings (SSSR count). The quantitative estimate of drug-likeness (QED) is 0.0644. The Kier molecular flexibility index (Phi) is 14.7. The molecule has 2 saturated heterocycles. The van der Waals surface area contributed by atoms with Crippen LogP contribution in [-0.2, 0) is 49.3 Å². The van der Waals surface area contributed by atoms with Gasteiger partial charge in [0.25, 0.3) is 0 Å². The van der Waals surface area contributed by atoms with Crippen LogP contribution in [0.3, 0.4) is 0 Å². The molecule has 0 aliphatic carbocycles. The smallest absolute Gasteiger partial charge is 0.344 e. The van der Waals surface area contributed by atoms with Crippen LogP contribution in [0.4, 0.5) is 0 Å². The van der Waals surface area contributed by atoms with Gasteiger partial charge in [-0.1, -0.05) is 102 Å². The number of carboxylic acids is 3. The monoisotopic (exact) mass is 720 g/mol. The summed E-state index contributed by atoms with van der Waals surface area (Å²) in [4.78, 5) is 63.1. The first-order valence-corrected chi connectivity index (χ1v) is 17.6. The number of aliphatic hydroxyl groups excluding tert-OH is 1. The van der Waals surface area contributed by atoms with Crippen LogP contribution < -0.4 is 0 Å². The van der Waals surface area contributed by atoms with Gasteiger partial charge < -0.3 is 44.5 Å². The Hall–Kier alpha value is -3.85. The normalized spacial score (nSPS) is 28.0. The zero-order chi connectivity index (χ0) is 38.0. The molecule has 0 aromatic heterocycles. The van der Waals surface area contributed by atoms with Crippen LogP contribution in [0.2, 0.25) is 0 Å². The lowest BCUT2D eigenvalue weighted by atomic mass is 9.74. The van der Waals surface area contributed by atoms with E-state index in [1.807, 2.05) is 37.3 Å². The maximum Gasteiger partial charge on any atom is 0.344 e. The third-order valence-electron chi connectivity index (χ3n) is 9.75. The number of carbonyl (C=O) groups excluding carboxylic acids is 2. The molecular formula is C37H52O14.